The molecule has 9 nitrogen and oxygen atoms in total. The number of benzene rings is 2. The van der Waals surface area contributed by atoms with Crippen LogP contribution in [-0.4, -0.2) is 37.6 Å². The lowest BCUT2D eigenvalue weighted by atomic mass is 10.00. The highest BCUT2D eigenvalue weighted by Gasteiger charge is 2.39. The van der Waals surface area contributed by atoms with E-state index in [2.05, 4.69) is 10.5 Å². The summed E-state index contributed by atoms with van der Waals surface area (Å²) in [7, 11) is -6.38. The number of thiol groups is 1. The Bertz CT molecular complexity index is 1600. The molecule has 0 radical (unpaired) electrons. The number of nitrogens with zero attached hydrogens (tertiary/aromatic N) is 2. The summed E-state index contributed by atoms with van der Waals surface area (Å²) >= 11 is 0. The Balaban J connectivity index is 1.94. The van der Waals surface area contributed by atoms with Crippen molar-refractivity contribution in [1.82, 2.24) is 9.13 Å². The maximum Gasteiger partial charge on any atom is 0.242 e. The van der Waals surface area contributed by atoms with Gasteiger partial charge in [0.05, 0.1) is 33.4 Å². The van der Waals surface area contributed by atoms with E-state index in [0.717, 1.165) is 5.56 Å². The molecule has 172 valence electrons. The fraction of sp³-hybridized carbons (Fsp3) is 0.273. The normalized spacial score (nSPS) is 14.4. The van der Waals surface area contributed by atoms with Crippen LogP contribution >= 0.6 is 0 Å². The molecular weight excluding hydrogens is 466 g/mol. The van der Waals surface area contributed by atoms with E-state index in [-0.39, 0.29) is 5.75 Å². The number of hydrogen-bond acceptors (Lipinski definition) is 7. The Labute approximate surface area is 191 Å². The number of nitrogens with one attached hydrogen (secondary N) is 1. The first-order chi connectivity index (χ1) is 15.7. The van der Waals surface area contributed by atoms with Gasteiger partial charge in [0, 0.05) is 16.3 Å². The van der Waals surface area contributed by atoms with Gasteiger partial charge in [-0.25, -0.2) is 20.8 Å². The van der Waals surface area contributed by atoms with Gasteiger partial charge in [0.2, 0.25) is 16.4 Å². The first kappa shape index (κ1) is 21.7. The molecule has 4 aromatic rings. The van der Waals surface area contributed by atoms with Gasteiger partial charge in [0.15, 0.2) is 0 Å². The maximum atomic E-state index is 13.4. The standard InChI is InChI=1S/C22H21N3O6S2/c1-12-21(13(2)31-24-12)15-8-18-17-7-14(10-32(27)28)3-6-20(17)25(33(29,30)16-4-5-16)22(18)19(9-15)23-11-26/h3,6-9,11,16,32H,4-5,10H2,1-2H3,(H,23,26). The highest BCUT2D eigenvalue weighted by Crippen LogP contribution is 2.42. The quantitative estimate of drug-likeness (QED) is 0.303. The average molecular weight is 488 g/mol. The van der Waals surface area contributed by atoms with E-state index < -0.39 is 26.0 Å². The molecule has 1 N–H and O–H groups in total. The minimum Gasteiger partial charge on any atom is -0.361 e. The third-order valence-corrected chi connectivity index (χ3v) is 8.76. The van der Waals surface area contributed by atoms with Gasteiger partial charge in [0.1, 0.15) is 16.5 Å². The lowest BCUT2D eigenvalue weighted by Crippen LogP contribution is -2.17. The molecule has 1 amide bonds. The molecule has 0 spiro atoms. The van der Waals surface area contributed by atoms with Crippen LogP contribution in [0.5, 0.6) is 0 Å². The monoisotopic (exact) mass is 487 g/mol. The van der Waals surface area contributed by atoms with Crippen LogP contribution in [0.2, 0.25) is 0 Å². The molecule has 2 aromatic carbocycles. The van der Waals surface area contributed by atoms with Crippen LogP contribution in [0.4, 0.5) is 5.69 Å². The van der Waals surface area contributed by atoms with Crippen molar-refractivity contribution in [3.8, 4) is 11.1 Å². The van der Waals surface area contributed by atoms with Gasteiger partial charge in [-0.05, 0) is 62.1 Å². The molecule has 11 heteroatoms. The minimum atomic E-state index is -3.72. The highest BCUT2D eigenvalue weighted by molar-refractivity contribution is 7.91. The van der Waals surface area contributed by atoms with Crippen LogP contribution < -0.4 is 5.32 Å². The Morgan fingerprint density at radius 2 is 1.94 bits per heavy atom. The number of rotatable bonds is 7. The second-order valence-corrected chi connectivity index (χ2v) is 11.3. The van der Waals surface area contributed by atoms with E-state index >= 15 is 0 Å². The van der Waals surface area contributed by atoms with Crippen molar-refractivity contribution in [2.45, 2.75) is 37.7 Å². The molecule has 2 aromatic heterocycles. The van der Waals surface area contributed by atoms with E-state index in [1.807, 2.05) is 6.07 Å². The fourth-order valence-electron chi connectivity index (χ4n) is 4.39. The van der Waals surface area contributed by atoms with E-state index in [9.17, 15) is 21.6 Å². The molecule has 1 aliphatic carbocycles. The fourth-order valence-corrected chi connectivity index (χ4v) is 6.80. The number of aromatic nitrogens is 2. The van der Waals surface area contributed by atoms with E-state index in [1.54, 1.807) is 38.1 Å². The van der Waals surface area contributed by atoms with Crippen molar-refractivity contribution in [3.05, 3.63) is 47.3 Å². The van der Waals surface area contributed by atoms with Crippen molar-refractivity contribution in [2.75, 3.05) is 5.32 Å². The van der Waals surface area contributed by atoms with Crippen molar-refractivity contribution in [3.63, 3.8) is 0 Å². The van der Waals surface area contributed by atoms with Crippen molar-refractivity contribution < 1.29 is 26.2 Å². The number of anilines is 1. The van der Waals surface area contributed by atoms with Gasteiger partial charge >= 0.3 is 0 Å². The molecule has 0 saturated heterocycles. The van der Waals surface area contributed by atoms with Crippen LogP contribution in [0.3, 0.4) is 0 Å². The smallest absolute Gasteiger partial charge is 0.242 e. The van der Waals surface area contributed by atoms with Gasteiger partial charge in [-0.3, -0.25) is 4.79 Å². The number of hydrogen-bond donors (Lipinski definition) is 2. The lowest BCUT2D eigenvalue weighted by Gasteiger charge is -2.12. The number of aryl methyl sites for hydroxylation is 2. The Morgan fingerprint density at radius 1 is 1.18 bits per heavy atom. The molecule has 0 aliphatic heterocycles. The highest BCUT2D eigenvalue weighted by atomic mass is 32.2. The third kappa shape index (κ3) is 3.51. The summed E-state index contributed by atoms with van der Waals surface area (Å²) in [6.07, 6.45) is 1.66. The van der Waals surface area contributed by atoms with Crippen LogP contribution in [0.1, 0.15) is 29.9 Å². The largest absolute Gasteiger partial charge is 0.361 e. The number of fused-ring (bicyclic) bond motifs is 3. The van der Waals surface area contributed by atoms with Crippen molar-refractivity contribution >= 4 is 54.6 Å². The van der Waals surface area contributed by atoms with E-state index in [4.69, 9.17) is 4.52 Å². The Kier molecular flexibility index (Phi) is 5.05. The molecule has 1 aliphatic rings. The molecule has 1 saturated carbocycles. The zero-order valence-corrected chi connectivity index (χ0v) is 19.6. The third-order valence-electron chi connectivity index (χ3n) is 5.93. The summed E-state index contributed by atoms with van der Waals surface area (Å²) in [5, 5.41) is 7.34. The van der Waals surface area contributed by atoms with Crippen molar-refractivity contribution in [2.24, 2.45) is 0 Å². The summed E-state index contributed by atoms with van der Waals surface area (Å²) in [5.41, 5.74) is 3.77. The number of amides is 1. The van der Waals surface area contributed by atoms with Crippen LogP contribution in [0.15, 0.2) is 34.9 Å². The molecule has 0 unspecified atom stereocenters. The second kappa shape index (κ2) is 7.70. The van der Waals surface area contributed by atoms with Gasteiger partial charge in [-0.15, -0.1) is 0 Å². The Morgan fingerprint density at radius 3 is 2.55 bits per heavy atom. The summed E-state index contributed by atoms with van der Waals surface area (Å²) < 4.78 is 56.1. The van der Waals surface area contributed by atoms with Crippen LogP contribution in [-0.2, 0) is 31.3 Å². The molecular formula is C22H21N3O6S2. The minimum absolute atomic E-state index is 0.156. The molecule has 0 atom stereocenters. The first-order valence-electron chi connectivity index (χ1n) is 10.3. The summed E-state index contributed by atoms with van der Waals surface area (Å²) in [6.45, 7) is 3.57. The predicted molar refractivity (Wildman–Crippen MR) is 125 cm³/mol. The lowest BCUT2D eigenvalue weighted by molar-refractivity contribution is -0.105. The average Bonchev–Trinajstić information content (AvgIpc) is 3.49. The molecule has 1 fully saturated rings. The van der Waals surface area contributed by atoms with Gasteiger partial charge in [0.25, 0.3) is 0 Å². The zero-order valence-electron chi connectivity index (χ0n) is 17.9. The van der Waals surface area contributed by atoms with Gasteiger partial charge in [-0.2, -0.15) is 0 Å². The summed E-state index contributed by atoms with van der Waals surface area (Å²) in [4.78, 5) is 11.5. The van der Waals surface area contributed by atoms with Crippen LogP contribution in [0.25, 0.3) is 32.9 Å². The molecule has 0 bridgehead atoms. The second-order valence-electron chi connectivity index (χ2n) is 8.23. The van der Waals surface area contributed by atoms with Gasteiger partial charge in [-0.1, -0.05) is 11.2 Å². The predicted octanol–water partition coefficient (Wildman–Crippen LogP) is 3.09. The molecule has 33 heavy (non-hydrogen) atoms. The number of carbonyl (C=O) groups excluding carboxylic acids is 1. The topological polar surface area (TPSA) is 128 Å². The van der Waals surface area contributed by atoms with Gasteiger partial charge < -0.3 is 9.84 Å². The SMILES string of the molecule is Cc1noc(C)c1-c1cc(NC=O)c2c(c1)c1cc(C[SH](=O)=O)ccc1n2S(=O)(=O)C1CC1. The molecule has 2 heterocycles. The van der Waals surface area contributed by atoms with E-state index in [1.165, 1.54) is 3.97 Å². The van der Waals surface area contributed by atoms with Crippen molar-refractivity contribution in [1.29, 1.82) is 0 Å². The summed E-state index contributed by atoms with van der Waals surface area (Å²) in [5.74, 6) is 0.429. The zero-order chi connectivity index (χ0) is 23.5. The molecule has 5 rings (SSSR count). The number of carbonyl (C=O) groups is 1. The maximum absolute atomic E-state index is 13.4. The van der Waals surface area contributed by atoms with E-state index in [0.29, 0.717) is 69.3 Å². The first-order valence-corrected chi connectivity index (χ1v) is 13.2. The van der Waals surface area contributed by atoms with Crippen LogP contribution in [0, 0.1) is 13.8 Å². The Hall–Kier alpha value is -3.18. The summed E-state index contributed by atoms with van der Waals surface area (Å²) in [6, 6.07) is 8.48.